The molecule has 1 saturated carbocycles. The van der Waals surface area contributed by atoms with Gasteiger partial charge in [0.2, 0.25) is 0 Å². The SMILES string of the molecule is O=C(O)c1cccc(Cn2ccn(C3CC3)c2=O)c1. The van der Waals surface area contributed by atoms with Crippen LogP contribution in [0.15, 0.2) is 41.5 Å². The van der Waals surface area contributed by atoms with Crippen molar-refractivity contribution in [2.45, 2.75) is 25.4 Å². The first-order chi connectivity index (χ1) is 9.15. The van der Waals surface area contributed by atoms with Crippen LogP contribution in [0.1, 0.15) is 34.8 Å². The first-order valence-electron chi connectivity index (χ1n) is 6.24. The summed E-state index contributed by atoms with van der Waals surface area (Å²) in [7, 11) is 0. The quantitative estimate of drug-likeness (QED) is 0.908. The zero-order valence-corrected chi connectivity index (χ0v) is 10.3. The van der Waals surface area contributed by atoms with E-state index in [2.05, 4.69) is 0 Å². The Balaban J connectivity index is 1.87. The van der Waals surface area contributed by atoms with Crippen LogP contribution in [0.4, 0.5) is 0 Å². The fourth-order valence-electron chi connectivity index (χ4n) is 2.18. The molecule has 1 fully saturated rings. The van der Waals surface area contributed by atoms with Crippen molar-refractivity contribution in [3.63, 3.8) is 0 Å². The summed E-state index contributed by atoms with van der Waals surface area (Å²) >= 11 is 0. The number of nitrogens with zero attached hydrogens (tertiary/aromatic N) is 2. The molecule has 1 aromatic heterocycles. The molecule has 0 unspecified atom stereocenters. The average molecular weight is 258 g/mol. The maximum absolute atomic E-state index is 12.1. The first kappa shape index (κ1) is 11.8. The Morgan fingerprint density at radius 3 is 2.79 bits per heavy atom. The lowest BCUT2D eigenvalue weighted by Gasteiger charge is -2.03. The summed E-state index contributed by atoms with van der Waals surface area (Å²) < 4.78 is 3.36. The molecule has 1 aliphatic rings. The standard InChI is InChI=1S/C14H14N2O3/c17-13(18)11-3-1-2-10(8-11)9-15-6-7-16(14(15)19)12-4-5-12/h1-3,6-8,12H,4-5,9H2,(H,17,18). The van der Waals surface area contributed by atoms with Crippen molar-refractivity contribution in [2.75, 3.05) is 0 Å². The molecule has 5 heteroatoms. The van der Waals surface area contributed by atoms with Crippen LogP contribution in [0.5, 0.6) is 0 Å². The fourth-order valence-corrected chi connectivity index (χ4v) is 2.18. The number of aromatic carboxylic acids is 1. The summed E-state index contributed by atoms with van der Waals surface area (Å²) in [6, 6.07) is 7.03. The van der Waals surface area contributed by atoms with Crippen LogP contribution in [-0.2, 0) is 6.54 Å². The molecule has 1 aliphatic carbocycles. The number of imidazole rings is 1. The number of carboxylic acid groups (broad SMARTS) is 1. The van der Waals surface area contributed by atoms with E-state index in [1.165, 1.54) is 0 Å². The number of hydrogen-bond donors (Lipinski definition) is 1. The van der Waals surface area contributed by atoms with Crippen molar-refractivity contribution >= 4 is 5.97 Å². The van der Waals surface area contributed by atoms with E-state index in [1.54, 1.807) is 39.7 Å². The third-order valence-electron chi connectivity index (χ3n) is 3.34. The lowest BCUT2D eigenvalue weighted by Crippen LogP contribution is -2.23. The monoisotopic (exact) mass is 258 g/mol. The molecule has 0 aliphatic heterocycles. The predicted octanol–water partition coefficient (Wildman–Crippen LogP) is 1.73. The van der Waals surface area contributed by atoms with Gasteiger partial charge in [-0.2, -0.15) is 0 Å². The first-order valence-corrected chi connectivity index (χ1v) is 6.24. The second-order valence-corrected chi connectivity index (χ2v) is 4.85. The van der Waals surface area contributed by atoms with Crippen LogP contribution in [0.3, 0.4) is 0 Å². The number of hydrogen-bond acceptors (Lipinski definition) is 2. The highest BCUT2D eigenvalue weighted by Gasteiger charge is 2.25. The van der Waals surface area contributed by atoms with E-state index in [-0.39, 0.29) is 11.3 Å². The van der Waals surface area contributed by atoms with Crippen LogP contribution in [0.25, 0.3) is 0 Å². The molecule has 0 saturated heterocycles. The third kappa shape index (κ3) is 2.31. The topological polar surface area (TPSA) is 64.2 Å². The number of rotatable bonds is 4. The van der Waals surface area contributed by atoms with E-state index in [1.807, 2.05) is 6.07 Å². The van der Waals surface area contributed by atoms with Gasteiger partial charge in [-0.25, -0.2) is 9.59 Å². The smallest absolute Gasteiger partial charge is 0.335 e. The van der Waals surface area contributed by atoms with Gasteiger partial charge in [0.25, 0.3) is 0 Å². The molecule has 19 heavy (non-hydrogen) atoms. The second kappa shape index (κ2) is 4.42. The molecule has 1 aromatic carbocycles. The van der Waals surface area contributed by atoms with Gasteiger partial charge >= 0.3 is 11.7 Å². The van der Waals surface area contributed by atoms with Crippen LogP contribution in [0.2, 0.25) is 0 Å². The van der Waals surface area contributed by atoms with Crippen molar-refractivity contribution in [1.29, 1.82) is 0 Å². The number of aromatic nitrogens is 2. The van der Waals surface area contributed by atoms with Gasteiger partial charge < -0.3 is 5.11 Å². The van der Waals surface area contributed by atoms with Crippen LogP contribution in [-0.4, -0.2) is 20.2 Å². The highest BCUT2D eigenvalue weighted by atomic mass is 16.4. The summed E-state index contributed by atoms with van der Waals surface area (Å²) in [5.74, 6) is -0.954. The van der Waals surface area contributed by atoms with E-state index in [0.717, 1.165) is 18.4 Å². The zero-order chi connectivity index (χ0) is 13.4. The molecule has 0 bridgehead atoms. The Morgan fingerprint density at radius 1 is 1.32 bits per heavy atom. The van der Waals surface area contributed by atoms with Crippen LogP contribution < -0.4 is 5.69 Å². The summed E-state index contributed by atoms with van der Waals surface area (Å²) in [5, 5.41) is 8.94. The molecule has 0 radical (unpaired) electrons. The molecule has 2 aromatic rings. The van der Waals surface area contributed by atoms with Crippen molar-refractivity contribution in [3.8, 4) is 0 Å². The van der Waals surface area contributed by atoms with Gasteiger partial charge in [-0.1, -0.05) is 12.1 Å². The maximum atomic E-state index is 12.1. The molecular weight excluding hydrogens is 244 g/mol. The minimum Gasteiger partial charge on any atom is -0.478 e. The number of benzene rings is 1. The van der Waals surface area contributed by atoms with E-state index < -0.39 is 5.97 Å². The molecule has 98 valence electrons. The zero-order valence-electron chi connectivity index (χ0n) is 10.3. The summed E-state index contributed by atoms with van der Waals surface area (Å²) in [6.07, 6.45) is 5.70. The summed E-state index contributed by atoms with van der Waals surface area (Å²) in [5.41, 5.74) is 1.03. The Morgan fingerprint density at radius 2 is 2.11 bits per heavy atom. The van der Waals surface area contributed by atoms with Gasteiger partial charge in [-0.05, 0) is 30.5 Å². The van der Waals surface area contributed by atoms with Crippen LogP contribution >= 0.6 is 0 Å². The Hall–Kier alpha value is -2.30. The Bertz CT molecular complexity index is 680. The average Bonchev–Trinajstić information content (AvgIpc) is 3.17. The van der Waals surface area contributed by atoms with E-state index in [9.17, 15) is 9.59 Å². The maximum Gasteiger partial charge on any atom is 0.335 e. The molecule has 0 amide bonds. The predicted molar refractivity (Wildman–Crippen MR) is 69.5 cm³/mol. The minimum atomic E-state index is -0.954. The highest BCUT2D eigenvalue weighted by Crippen LogP contribution is 2.33. The fraction of sp³-hybridized carbons (Fsp3) is 0.286. The molecule has 0 atom stereocenters. The van der Waals surface area contributed by atoms with Gasteiger partial charge in [0.15, 0.2) is 0 Å². The van der Waals surface area contributed by atoms with E-state index in [4.69, 9.17) is 5.11 Å². The summed E-state index contributed by atoms with van der Waals surface area (Å²) in [6.45, 7) is 0.402. The van der Waals surface area contributed by atoms with Gasteiger partial charge in [0.1, 0.15) is 0 Å². The molecule has 1 N–H and O–H groups in total. The van der Waals surface area contributed by atoms with Gasteiger partial charge in [0, 0.05) is 18.4 Å². The van der Waals surface area contributed by atoms with Crippen molar-refractivity contribution in [2.24, 2.45) is 0 Å². The molecule has 1 heterocycles. The highest BCUT2D eigenvalue weighted by molar-refractivity contribution is 5.87. The molecular formula is C14H14N2O3. The Kier molecular flexibility index (Phi) is 2.74. The Labute approximate surface area is 109 Å². The lowest BCUT2D eigenvalue weighted by molar-refractivity contribution is 0.0696. The van der Waals surface area contributed by atoms with Gasteiger partial charge in [0.05, 0.1) is 12.1 Å². The number of carbonyl (C=O) groups is 1. The minimum absolute atomic E-state index is 0.0248. The molecule has 5 nitrogen and oxygen atoms in total. The molecule has 0 spiro atoms. The second-order valence-electron chi connectivity index (χ2n) is 4.85. The van der Waals surface area contributed by atoms with E-state index >= 15 is 0 Å². The van der Waals surface area contributed by atoms with Crippen molar-refractivity contribution in [1.82, 2.24) is 9.13 Å². The number of carboxylic acids is 1. The van der Waals surface area contributed by atoms with Gasteiger partial charge in [-0.3, -0.25) is 9.13 Å². The van der Waals surface area contributed by atoms with Crippen LogP contribution in [0, 0.1) is 0 Å². The van der Waals surface area contributed by atoms with Gasteiger partial charge in [-0.15, -0.1) is 0 Å². The normalized spacial score (nSPS) is 14.5. The molecule has 3 rings (SSSR count). The lowest BCUT2D eigenvalue weighted by atomic mass is 10.1. The van der Waals surface area contributed by atoms with E-state index in [0.29, 0.717) is 12.6 Å². The van der Waals surface area contributed by atoms with Crippen molar-refractivity contribution < 1.29 is 9.90 Å². The van der Waals surface area contributed by atoms with Crippen molar-refractivity contribution in [3.05, 3.63) is 58.3 Å². The largest absolute Gasteiger partial charge is 0.478 e. The third-order valence-corrected chi connectivity index (χ3v) is 3.34. The summed E-state index contributed by atoms with van der Waals surface area (Å²) in [4.78, 5) is 23.0.